The highest BCUT2D eigenvalue weighted by molar-refractivity contribution is 9.10. The van der Waals surface area contributed by atoms with Crippen molar-refractivity contribution in [2.75, 3.05) is 23.3 Å². The Hall–Kier alpha value is -1.66. The molecule has 0 spiro atoms. The molecule has 25 heavy (non-hydrogen) atoms. The summed E-state index contributed by atoms with van der Waals surface area (Å²) in [5.41, 5.74) is 3.14. The van der Waals surface area contributed by atoms with Gasteiger partial charge in [-0.15, -0.1) is 0 Å². The van der Waals surface area contributed by atoms with E-state index in [0.29, 0.717) is 21.3 Å². The van der Waals surface area contributed by atoms with Crippen LogP contribution in [0.1, 0.15) is 18.9 Å². The number of nitrogens with zero attached hydrogens (tertiary/aromatic N) is 1. The van der Waals surface area contributed by atoms with Gasteiger partial charge in [0, 0.05) is 29.3 Å². The van der Waals surface area contributed by atoms with Gasteiger partial charge in [-0.2, -0.15) is 0 Å². The van der Waals surface area contributed by atoms with Crippen molar-refractivity contribution in [2.45, 2.75) is 25.8 Å². The van der Waals surface area contributed by atoms with E-state index in [2.05, 4.69) is 62.7 Å². The lowest BCUT2D eigenvalue weighted by Crippen LogP contribution is -2.34. The van der Waals surface area contributed by atoms with Crippen LogP contribution in [0, 0.1) is 5.82 Å². The van der Waals surface area contributed by atoms with Crippen molar-refractivity contribution in [3.8, 4) is 0 Å². The van der Waals surface area contributed by atoms with Crippen molar-refractivity contribution in [1.29, 1.82) is 0 Å². The van der Waals surface area contributed by atoms with Gasteiger partial charge in [0.05, 0.1) is 5.69 Å². The molecule has 0 aromatic heterocycles. The van der Waals surface area contributed by atoms with E-state index < -0.39 is 0 Å². The van der Waals surface area contributed by atoms with Gasteiger partial charge in [-0.05, 0) is 61.8 Å². The van der Waals surface area contributed by atoms with Gasteiger partial charge in [0.1, 0.15) is 5.82 Å². The van der Waals surface area contributed by atoms with Gasteiger partial charge in [-0.1, -0.05) is 34.1 Å². The van der Waals surface area contributed by atoms with E-state index in [1.807, 2.05) is 0 Å². The molecule has 3 rings (SSSR count). The minimum Gasteiger partial charge on any atom is -0.368 e. The first-order valence-electron chi connectivity index (χ1n) is 8.39. The molecule has 2 aromatic carbocycles. The molecule has 0 saturated heterocycles. The first-order chi connectivity index (χ1) is 12.0. The number of nitrogens with one attached hydrogen (secondary N) is 2. The van der Waals surface area contributed by atoms with E-state index >= 15 is 0 Å². The lowest BCUT2D eigenvalue weighted by atomic mass is 10.1. The molecule has 3 nitrogen and oxygen atoms in total. The number of fused-ring (bicyclic) bond motifs is 1. The van der Waals surface area contributed by atoms with E-state index in [1.54, 1.807) is 12.1 Å². The van der Waals surface area contributed by atoms with Crippen molar-refractivity contribution < 1.29 is 4.39 Å². The van der Waals surface area contributed by atoms with E-state index in [4.69, 9.17) is 12.2 Å². The fourth-order valence-electron chi connectivity index (χ4n) is 3.18. The van der Waals surface area contributed by atoms with E-state index in [9.17, 15) is 4.39 Å². The zero-order valence-electron chi connectivity index (χ0n) is 14.1. The minimum absolute atomic E-state index is 0.332. The molecule has 1 atom stereocenters. The number of halogens is 2. The maximum Gasteiger partial charge on any atom is 0.170 e. The first kappa shape index (κ1) is 18.1. The summed E-state index contributed by atoms with van der Waals surface area (Å²) in [7, 11) is 0. The Morgan fingerprint density at radius 3 is 2.92 bits per heavy atom. The standard InChI is InChI=1S/C19H21BrFN3S/c1-13-11-14-5-2-3-6-18(14)24(13)10-4-9-22-19(25)23-17-8-7-15(20)12-16(17)21/h2-3,5-8,12-13H,4,9-11H2,1H3,(H2,22,23,25). The minimum atomic E-state index is -0.332. The first-order valence-corrected chi connectivity index (χ1v) is 9.59. The molecule has 0 radical (unpaired) electrons. The normalized spacial score (nSPS) is 15.8. The molecule has 2 N–H and O–H groups in total. The van der Waals surface area contributed by atoms with Crippen LogP contribution in [0.5, 0.6) is 0 Å². The van der Waals surface area contributed by atoms with Crippen LogP contribution in [0.15, 0.2) is 46.9 Å². The van der Waals surface area contributed by atoms with Gasteiger partial charge < -0.3 is 15.5 Å². The van der Waals surface area contributed by atoms with Crippen molar-refractivity contribution >= 4 is 44.6 Å². The van der Waals surface area contributed by atoms with Crippen LogP contribution < -0.4 is 15.5 Å². The van der Waals surface area contributed by atoms with Crippen LogP contribution >= 0.6 is 28.1 Å². The Kier molecular flexibility index (Phi) is 5.91. The topological polar surface area (TPSA) is 27.3 Å². The number of benzene rings is 2. The van der Waals surface area contributed by atoms with Crippen LogP contribution in [0.4, 0.5) is 15.8 Å². The average molecular weight is 422 g/mol. The molecule has 6 heteroatoms. The van der Waals surface area contributed by atoms with Crippen LogP contribution in [0.2, 0.25) is 0 Å². The second-order valence-electron chi connectivity index (χ2n) is 6.23. The zero-order chi connectivity index (χ0) is 17.8. The van der Waals surface area contributed by atoms with Crippen molar-refractivity contribution in [3.63, 3.8) is 0 Å². The smallest absolute Gasteiger partial charge is 0.170 e. The van der Waals surface area contributed by atoms with E-state index in [0.717, 1.165) is 25.9 Å². The van der Waals surface area contributed by atoms with Crippen LogP contribution in [-0.4, -0.2) is 24.2 Å². The van der Waals surface area contributed by atoms with Crippen molar-refractivity contribution in [2.24, 2.45) is 0 Å². The van der Waals surface area contributed by atoms with Gasteiger partial charge >= 0.3 is 0 Å². The summed E-state index contributed by atoms with van der Waals surface area (Å²) in [6, 6.07) is 14.0. The summed E-state index contributed by atoms with van der Waals surface area (Å²) in [5, 5.41) is 6.49. The van der Waals surface area contributed by atoms with Crippen LogP contribution in [0.25, 0.3) is 0 Å². The third-order valence-electron chi connectivity index (χ3n) is 4.39. The molecule has 0 fully saturated rings. The van der Waals surface area contributed by atoms with E-state index in [1.165, 1.54) is 17.3 Å². The molecular weight excluding hydrogens is 401 g/mol. The summed E-state index contributed by atoms with van der Waals surface area (Å²) in [6.45, 7) is 3.98. The van der Waals surface area contributed by atoms with Gasteiger partial charge in [0.15, 0.2) is 5.11 Å². The molecule has 132 valence electrons. The molecule has 0 saturated carbocycles. The highest BCUT2D eigenvalue weighted by Crippen LogP contribution is 2.31. The number of thiocarbonyl (C=S) groups is 1. The average Bonchev–Trinajstić information content (AvgIpc) is 2.90. The molecule has 1 aliphatic heterocycles. The van der Waals surface area contributed by atoms with Gasteiger partial charge in [-0.25, -0.2) is 4.39 Å². The second kappa shape index (κ2) is 8.15. The summed E-state index contributed by atoms with van der Waals surface area (Å²) in [5.74, 6) is -0.332. The summed E-state index contributed by atoms with van der Waals surface area (Å²) < 4.78 is 14.5. The molecule has 0 aliphatic carbocycles. The Bertz CT molecular complexity index is 768. The maximum absolute atomic E-state index is 13.8. The number of anilines is 2. The Morgan fingerprint density at radius 2 is 2.12 bits per heavy atom. The largest absolute Gasteiger partial charge is 0.368 e. The molecule has 1 aliphatic rings. The van der Waals surface area contributed by atoms with Gasteiger partial charge in [0.2, 0.25) is 0 Å². The lowest BCUT2D eigenvalue weighted by molar-refractivity contribution is 0.630. The van der Waals surface area contributed by atoms with Crippen LogP contribution in [0.3, 0.4) is 0 Å². The number of hydrogen-bond acceptors (Lipinski definition) is 2. The fourth-order valence-corrected chi connectivity index (χ4v) is 3.72. The monoisotopic (exact) mass is 421 g/mol. The number of hydrogen-bond donors (Lipinski definition) is 2. The van der Waals surface area contributed by atoms with Gasteiger partial charge in [0.25, 0.3) is 0 Å². The lowest BCUT2D eigenvalue weighted by Gasteiger charge is -2.25. The maximum atomic E-state index is 13.8. The predicted molar refractivity (Wildman–Crippen MR) is 110 cm³/mol. The van der Waals surface area contributed by atoms with Crippen molar-refractivity contribution in [1.82, 2.24) is 5.32 Å². The molecule has 2 aromatic rings. The summed E-state index contributed by atoms with van der Waals surface area (Å²) in [4.78, 5) is 2.45. The molecule has 1 heterocycles. The predicted octanol–water partition coefficient (Wildman–Crippen LogP) is 4.72. The highest BCUT2D eigenvalue weighted by atomic mass is 79.9. The summed E-state index contributed by atoms with van der Waals surface area (Å²) in [6.07, 6.45) is 2.07. The van der Waals surface area contributed by atoms with Gasteiger partial charge in [-0.3, -0.25) is 0 Å². The van der Waals surface area contributed by atoms with Crippen LogP contribution in [-0.2, 0) is 6.42 Å². The molecule has 0 bridgehead atoms. The summed E-state index contributed by atoms with van der Waals surface area (Å²) >= 11 is 8.49. The van der Waals surface area contributed by atoms with Crippen molar-refractivity contribution in [3.05, 3.63) is 58.3 Å². The Balaban J connectivity index is 1.45. The fraction of sp³-hybridized carbons (Fsp3) is 0.316. The SMILES string of the molecule is CC1Cc2ccccc2N1CCCNC(=S)Nc1ccc(Br)cc1F. The zero-order valence-corrected chi connectivity index (χ0v) is 16.5. The number of rotatable bonds is 5. The third kappa shape index (κ3) is 4.50. The Labute approximate surface area is 161 Å². The molecule has 0 amide bonds. The third-order valence-corrected chi connectivity index (χ3v) is 5.13. The molecular formula is C19H21BrFN3S. The Morgan fingerprint density at radius 1 is 1.32 bits per heavy atom. The van der Waals surface area contributed by atoms with E-state index in [-0.39, 0.29) is 5.82 Å². The second-order valence-corrected chi connectivity index (χ2v) is 7.56. The quantitative estimate of drug-likeness (QED) is 0.539. The number of para-hydroxylation sites is 1. The highest BCUT2D eigenvalue weighted by Gasteiger charge is 2.24. The molecule has 1 unspecified atom stereocenters.